The van der Waals surface area contributed by atoms with Crippen molar-refractivity contribution < 1.29 is 4.79 Å². The minimum absolute atomic E-state index is 0.140. The smallest absolute Gasteiger partial charge is 0.235 e. The maximum absolute atomic E-state index is 11.1. The van der Waals surface area contributed by atoms with Crippen molar-refractivity contribution in [1.82, 2.24) is 10.6 Å². The Balaban J connectivity index is 1.93. The normalized spacial score (nSPS) is 21.5. The fraction of sp³-hybridized carbons (Fsp3) is 0.929. The summed E-state index contributed by atoms with van der Waals surface area (Å²) in [5.74, 6) is 0.693. The Hall–Kier alpha value is -0.570. The van der Waals surface area contributed by atoms with Gasteiger partial charge in [0.05, 0.1) is 12.7 Å². The van der Waals surface area contributed by atoms with Crippen LogP contribution in [0.4, 0.5) is 0 Å². The number of nitrogens with one attached hydrogen (secondary N) is 2. The topological polar surface area (TPSA) is 41.1 Å². The highest BCUT2D eigenvalue weighted by atomic mass is 16.2. The van der Waals surface area contributed by atoms with Gasteiger partial charge in [-0.1, -0.05) is 58.8 Å². The standard InChI is InChI=1S/C14H28N2O/c1-3-4-5-6-7-8-9-10-12(2)14-15-11-13(17)16-14/h12,14-15H,3-11H2,1-2H3,(H,16,17). The van der Waals surface area contributed by atoms with E-state index >= 15 is 0 Å². The Morgan fingerprint density at radius 3 is 2.41 bits per heavy atom. The Bertz CT molecular complexity index is 218. The molecule has 1 aliphatic rings. The maximum atomic E-state index is 11.1. The van der Waals surface area contributed by atoms with Gasteiger partial charge in [-0.05, 0) is 12.3 Å². The molecule has 0 bridgehead atoms. The second-order valence-corrected chi connectivity index (χ2v) is 5.31. The van der Waals surface area contributed by atoms with Gasteiger partial charge in [0.15, 0.2) is 0 Å². The molecule has 1 saturated heterocycles. The molecular weight excluding hydrogens is 212 g/mol. The zero-order valence-electron chi connectivity index (χ0n) is 11.4. The first-order valence-corrected chi connectivity index (χ1v) is 7.26. The molecule has 0 aliphatic carbocycles. The first kappa shape index (κ1) is 14.5. The fourth-order valence-corrected chi connectivity index (χ4v) is 2.41. The van der Waals surface area contributed by atoms with E-state index in [0.717, 1.165) is 0 Å². The van der Waals surface area contributed by atoms with Gasteiger partial charge < -0.3 is 5.32 Å². The van der Waals surface area contributed by atoms with Crippen LogP contribution < -0.4 is 10.6 Å². The SMILES string of the molecule is CCCCCCCCCC(C)C1NCC(=O)N1. The zero-order valence-corrected chi connectivity index (χ0v) is 11.4. The summed E-state index contributed by atoms with van der Waals surface area (Å²) in [6.07, 6.45) is 10.9. The van der Waals surface area contributed by atoms with Crippen LogP contribution in [0.25, 0.3) is 0 Å². The van der Waals surface area contributed by atoms with E-state index in [-0.39, 0.29) is 12.1 Å². The van der Waals surface area contributed by atoms with Gasteiger partial charge in [0.1, 0.15) is 0 Å². The molecule has 0 aromatic heterocycles. The molecule has 2 N–H and O–H groups in total. The lowest BCUT2D eigenvalue weighted by Crippen LogP contribution is -2.38. The molecule has 2 unspecified atom stereocenters. The predicted molar refractivity (Wildman–Crippen MR) is 71.7 cm³/mol. The highest BCUT2D eigenvalue weighted by molar-refractivity contribution is 5.80. The van der Waals surface area contributed by atoms with Gasteiger partial charge in [-0.25, -0.2) is 0 Å². The van der Waals surface area contributed by atoms with Crippen LogP contribution in [-0.2, 0) is 4.79 Å². The van der Waals surface area contributed by atoms with Crippen molar-refractivity contribution >= 4 is 5.91 Å². The molecule has 0 radical (unpaired) electrons. The van der Waals surface area contributed by atoms with E-state index in [1.54, 1.807) is 0 Å². The predicted octanol–water partition coefficient (Wildman–Crippen LogP) is 2.81. The van der Waals surface area contributed by atoms with E-state index in [1.165, 1.54) is 51.4 Å². The van der Waals surface area contributed by atoms with Gasteiger partial charge >= 0.3 is 0 Å². The lowest BCUT2D eigenvalue weighted by molar-refractivity contribution is -0.118. The molecule has 1 fully saturated rings. The van der Waals surface area contributed by atoms with Crippen LogP contribution in [0.2, 0.25) is 0 Å². The number of carbonyl (C=O) groups excluding carboxylic acids is 1. The molecule has 2 atom stereocenters. The van der Waals surface area contributed by atoms with Crippen molar-refractivity contribution in [3.05, 3.63) is 0 Å². The van der Waals surface area contributed by atoms with Crippen molar-refractivity contribution in [3.8, 4) is 0 Å². The highest BCUT2D eigenvalue weighted by Gasteiger charge is 2.24. The molecule has 1 aliphatic heterocycles. The molecule has 1 heterocycles. The molecular formula is C14H28N2O. The summed E-state index contributed by atoms with van der Waals surface area (Å²) in [5.41, 5.74) is 0. The Labute approximate surface area is 106 Å². The van der Waals surface area contributed by atoms with E-state index in [9.17, 15) is 4.79 Å². The highest BCUT2D eigenvalue weighted by Crippen LogP contribution is 2.15. The van der Waals surface area contributed by atoms with Gasteiger partial charge in [-0.2, -0.15) is 0 Å². The van der Waals surface area contributed by atoms with Crippen LogP contribution in [-0.4, -0.2) is 18.6 Å². The molecule has 100 valence electrons. The minimum atomic E-state index is 0.140. The quantitative estimate of drug-likeness (QED) is 0.608. The van der Waals surface area contributed by atoms with Crippen LogP contribution in [0.1, 0.15) is 65.2 Å². The molecule has 3 nitrogen and oxygen atoms in total. The third-order valence-corrected chi connectivity index (χ3v) is 3.63. The average molecular weight is 240 g/mol. The molecule has 17 heavy (non-hydrogen) atoms. The number of hydrogen-bond acceptors (Lipinski definition) is 2. The molecule has 0 spiro atoms. The lowest BCUT2D eigenvalue weighted by atomic mass is 9.99. The van der Waals surface area contributed by atoms with Crippen LogP contribution >= 0.6 is 0 Å². The number of hydrogen-bond donors (Lipinski definition) is 2. The Morgan fingerprint density at radius 1 is 1.18 bits per heavy atom. The molecule has 1 rings (SSSR count). The van der Waals surface area contributed by atoms with E-state index in [1.807, 2.05) is 0 Å². The summed E-state index contributed by atoms with van der Waals surface area (Å²) in [6, 6.07) is 0. The summed E-state index contributed by atoms with van der Waals surface area (Å²) in [7, 11) is 0. The minimum Gasteiger partial charge on any atom is -0.339 e. The van der Waals surface area contributed by atoms with Crippen LogP contribution in [0.5, 0.6) is 0 Å². The molecule has 3 heteroatoms. The average Bonchev–Trinajstić information content (AvgIpc) is 2.74. The first-order valence-electron chi connectivity index (χ1n) is 7.26. The van der Waals surface area contributed by atoms with Gasteiger partial charge in [-0.15, -0.1) is 0 Å². The summed E-state index contributed by atoms with van der Waals surface area (Å²) in [4.78, 5) is 11.1. The zero-order chi connectivity index (χ0) is 12.5. The van der Waals surface area contributed by atoms with Crippen molar-refractivity contribution in [2.75, 3.05) is 6.54 Å². The van der Waals surface area contributed by atoms with E-state index in [2.05, 4.69) is 24.5 Å². The van der Waals surface area contributed by atoms with E-state index in [0.29, 0.717) is 12.5 Å². The lowest BCUT2D eigenvalue weighted by Gasteiger charge is -2.19. The van der Waals surface area contributed by atoms with Crippen LogP contribution in [0, 0.1) is 5.92 Å². The number of amides is 1. The molecule has 0 aromatic rings. The van der Waals surface area contributed by atoms with E-state index < -0.39 is 0 Å². The van der Waals surface area contributed by atoms with E-state index in [4.69, 9.17) is 0 Å². The Morgan fingerprint density at radius 2 is 1.82 bits per heavy atom. The molecule has 0 saturated carbocycles. The van der Waals surface area contributed by atoms with Crippen molar-refractivity contribution in [3.63, 3.8) is 0 Å². The van der Waals surface area contributed by atoms with Gasteiger partial charge in [0.25, 0.3) is 0 Å². The second-order valence-electron chi connectivity index (χ2n) is 5.31. The summed E-state index contributed by atoms with van der Waals surface area (Å²) >= 11 is 0. The third-order valence-electron chi connectivity index (χ3n) is 3.63. The Kier molecular flexibility index (Phi) is 7.25. The van der Waals surface area contributed by atoms with Crippen molar-refractivity contribution in [2.24, 2.45) is 5.92 Å². The third kappa shape index (κ3) is 6.06. The van der Waals surface area contributed by atoms with Crippen molar-refractivity contribution in [2.45, 2.75) is 71.4 Å². The molecule has 1 amide bonds. The van der Waals surface area contributed by atoms with Crippen LogP contribution in [0.15, 0.2) is 0 Å². The molecule has 0 aromatic carbocycles. The van der Waals surface area contributed by atoms with Gasteiger partial charge in [-0.3, -0.25) is 10.1 Å². The summed E-state index contributed by atoms with van der Waals surface area (Å²) in [6.45, 7) is 4.97. The van der Waals surface area contributed by atoms with Crippen LogP contribution in [0.3, 0.4) is 0 Å². The number of carbonyl (C=O) groups is 1. The summed E-state index contributed by atoms with van der Waals surface area (Å²) < 4.78 is 0. The number of unbranched alkanes of at least 4 members (excludes halogenated alkanes) is 6. The van der Waals surface area contributed by atoms with Gasteiger partial charge in [0.2, 0.25) is 5.91 Å². The largest absolute Gasteiger partial charge is 0.339 e. The fourth-order valence-electron chi connectivity index (χ4n) is 2.41. The first-order chi connectivity index (χ1) is 8.24. The second kappa shape index (κ2) is 8.51. The number of rotatable bonds is 9. The van der Waals surface area contributed by atoms with Gasteiger partial charge in [0, 0.05) is 0 Å². The maximum Gasteiger partial charge on any atom is 0.235 e. The van der Waals surface area contributed by atoms with Crippen molar-refractivity contribution in [1.29, 1.82) is 0 Å². The summed E-state index contributed by atoms with van der Waals surface area (Å²) in [5, 5.41) is 6.19. The monoisotopic (exact) mass is 240 g/mol.